The summed E-state index contributed by atoms with van der Waals surface area (Å²) < 4.78 is 4.71. The van der Waals surface area contributed by atoms with Gasteiger partial charge in [-0.1, -0.05) is 13.2 Å². The van der Waals surface area contributed by atoms with Gasteiger partial charge in [0.15, 0.2) is 0 Å². The summed E-state index contributed by atoms with van der Waals surface area (Å²) in [7, 11) is 0. The summed E-state index contributed by atoms with van der Waals surface area (Å²) in [6, 6.07) is 0. The molecular weight excluding hydrogens is 272 g/mol. The van der Waals surface area contributed by atoms with Crippen molar-refractivity contribution in [2.75, 3.05) is 19.8 Å². The molecule has 1 heterocycles. The lowest BCUT2D eigenvalue weighted by atomic mass is 10.4. The Morgan fingerprint density at radius 2 is 1.40 bits per heavy atom. The van der Waals surface area contributed by atoms with Gasteiger partial charge in [-0.25, -0.2) is 9.59 Å². The molecule has 0 spiro atoms. The first kappa shape index (κ1) is 23.4. The molecule has 1 aliphatic rings. The predicted octanol–water partition coefficient (Wildman–Crippen LogP) is -0.749. The Kier molecular flexibility index (Phi) is 20.2. The Morgan fingerprint density at radius 1 is 1.20 bits per heavy atom. The zero-order chi connectivity index (χ0) is 16.6. The van der Waals surface area contributed by atoms with Gasteiger partial charge in [-0.3, -0.25) is 0 Å². The van der Waals surface area contributed by atoms with Gasteiger partial charge in [0, 0.05) is 12.2 Å². The topological polar surface area (TPSA) is 148 Å². The van der Waals surface area contributed by atoms with Gasteiger partial charge >= 0.3 is 11.9 Å². The normalized spacial score (nSPS) is 14.2. The molecule has 0 aliphatic carbocycles. The first-order valence-corrected chi connectivity index (χ1v) is 5.47. The highest BCUT2D eigenvalue weighted by Gasteiger charge is 2.13. The van der Waals surface area contributed by atoms with Gasteiger partial charge in [-0.15, -0.1) is 0 Å². The zero-order valence-corrected chi connectivity index (χ0v) is 11.3. The third kappa shape index (κ3) is 44.2. The fraction of sp³-hybridized carbons (Fsp3) is 0.500. The minimum absolute atomic E-state index is 0.365. The van der Waals surface area contributed by atoms with Gasteiger partial charge in [0.25, 0.3) is 0 Å². The molecule has 0 bridgehead atoms. The number of carboxylic acid groups (broad SMARTS) is 2. The van der Waals surface area contributed by atoms with Crippen LogP contribution >= 0.6 is 0 Å². The number of hydrogen-bond donors (Lipinski definition) is 5. The van der Waals surface area contributed by atoms with E-state index >= 15 is 0 Å². The summed E-state index contributed by atoms with van der Waals surface area (Å²) in [5.74, 6) is -1.96. The molecule has 1 unspecified atom stereocenters. The van der Waals surface area contributed by atoms with Crippen LogP contribution in [0.3, 0.4) is 0 Å². The summed E-state index contributed by atoms with van der Waals surface area (Å²) in [4.78, 5) is 18.5. The van der Waals surface area contributed by atoms with Crippen LogP contribution in [0.2, 0.25) is 0 Å². The molecule has 1 fully saturated rings. The molecule has 0 aromatic carbocycles. The van der Waals surface area contributed by atoms with E-state index in [1.165, 1.54) is 0 Å². The number of hydrogen-bond acceptors (Lipinski definition) is 6. The molecular formula is C12H22O8. The number of rotatable bonds is 4. The number of carbonyl (C=O) groups is 2. The third-order valence-corrected chi connectivity index (χ3v) is 1.27. The maximum absolute atomic E-state index is 9.25. The van der Waals surface area contributed by atoms with E-state index in [1.807, 2.05) is 0 Å². The van der Waals surface area contributed by atoms with Crippen molar-refractivity contribution in [3.8, 4) is 0 Å². The number of aliphatic hydroxyl groups is 3. The average Bonchev–Trinajstić information content (AvgIpc) is 3.22. The molecule has 0 aromatic rings. The van der Waals surface area contributed by atoms with E-state index in [0.29, 0.717) is 6.10 Å². The van der Waals surface area contributed by atoms with E-state index < -0.39 is 18.0 Å². The Balaban J connectivity index is -0.000000194. The highest BCUT2D eigenvalue weighted by atomic mass is 16.6. The molecule has 5 N–H and O–H groups in total. The summed E-state index contributed by atoms with van der Waals surface area (Å²) in [5.41, 5.74) is 0. The highest BCUT2D eigenvalue weighted by Crippen LogP contribution is 2.04. The first-order valence-electron chi connectivity index (χ1n) is 5.47. The quantitative estimate of drug-likeness (QED) is 0.336. The van der Waals surface area contributed by atoms with Crippen molar-refractivity contribution in [3.05, 3.63) is 25.3 Å². The van der Waals surface area contributed by atoms with E-state index in [9.17, 15) is 9.59 Å². The molecule has 1 aliphatic heterocycles. The van der Waals surface area contributed by atoms with E-state index in [4.69, 9.17) is 30.3 Å². The summed E-state index contributed by atoms with van der Waals surface area (Å²) in [6.07, 6.45) is 1.30. The lowest BCUT2D eigenvalue weighted by Crippen LogP contribution is -2.15. The van der Waals surface area contributed by atoms with Crippen LogP contribution in [0.1, 0.15) is 6.92 Å². The summed E-state index contributed by atoms with van der Waals surface area (Å²) in [5, 5.41) is 39.2. The standard InChI is InChI=1S/C3H8O3.2C3H4O2.C3H6O/c4-1-3(6)2-5;2*1-2-3(4)5;1-3-2-4-3/h3-6H,1-2H2;2*2H,1H2,(H,4,5);3H,2H2,1H3. The number of epoxide rings is 1. The average molecular weight is 294 g/mol. The molecule has 8 nitrogen and oxygen atoms in total. The van der Waals surface area contributed by atoms with E-state index in [2.05, 4.69) is 20.1 Å². The Bertz CT molecular complexity index is 251. The molecule has 0 amide bonds. The Morgan fingerprint density at radius 3 is 1.40 bits per heavy atom. The maximum atomic E-state index is 9.25. The molecule has 0 aromatic heterocycles. The van der Waals surface area contributed by atoms with Crippen molar-refractivity contribution in [2.24, 2.45) is 0 Å². The molecule has 20 heavy (non-hydrogen) atoms. The number of aliphatic hydroxyl groups excluding tert-OH is 3. The van der Waals surface area contributed by atoms with Crippen molar-refractivity contribution in [2.45, 2.75) is 19.1 Å². The SMILES string of the molecule is C=CC(=O)O.C=CC(=O)O.CC1CO1.OCC(O)CO. The molecule has 0 radical (unpaired) electrons. The van der Waals surface area contributed by atoms with Crippen LogP contribution in [0.25, 0.3) is 0 Å². The van der Waals surface area contributed by atoms with Gasteiger partial charge < -0.3 is 30.3 Å². The highest BCUT2D eigenvalue weighted by molar-refractivity contribution is 5.79. The van der Waals surface area contributed by atoms with Gasteiger partial charge in [0.1, 0.15) is 6.10 Å². The summed E-state index contributed by atoms with van der Waals surface area (Å²) in [6.45, 7) is 8.23. The molecule has 8 heteroatoms. The first-order chi connectivity index (χ1) is 9.24. The van der Waals surface area contributed by atoms with E-state index in [-0.39, 0.29) is 13.2 Å². The molecule has 1 saturated heterocycles. The number of aliphatic carboxylic acids is 2. The summed E-state index contributed by atoms with van der Waals surface area (Å²) >= 11 is 0. The van der Waals surface area contributed by atoms with Crippen LogP contribution < -0.4 is 0 Å². The third-order valence-electron chi connectivity index (χ3n) is 1.27. The second-order valence-corrected chi connectivity index (χ2v) is 3.25. The minimum atomic E-state index is -0.981. The molecule has 1 atom stereocenters. The number of ether oxygens (including phenoxy) is 1. The van der Waals surface area contributed by atoms with Crippen LogP contribution in [0, 0.1) is 0 Å². The monoisotopic (exact) mass is 294 g/mol. The van der Waals surface area contributed by atoms with E-state index in [1.54, 1.807) is 0 Å². The fourth-order valence-corrected chi connectivity index (χ4v) is 0.154. The van der Waals surface area contributed by atoms with Gasteiger partial charge in [-0.05, 0) is 6.92 Å². The molecule has 118 valence electrons. The number of carboxylic acids is 2. The van der Waals surface area contributed by atoms with Crippen LogP contribution in [-0.2, 0) is 14.3 Å². The second-order valence-electron chi connectivity index (χ2n) is 3.25. The van der Waals surface area contributed by atoms with Crippen molar-refractivity contribution < 1.29 is 39.9 Å². The van der Waals surface area contributed by atoms with Crippen molar-refractivity contribution in [1.82, 2.24) is 0 Å². The predicted molar refractivity (Wildman–Crippen MR) is 71.3 cm³/mol. The fourth-order valence-electron chi connectivity index (χ4n) is 0.154. The van der Waals surface area contributed by atoms with Crippen molar-refractivity contribution in [1.29, 1.82) is 0 Å². The minimum Gasteiger partial charge on any atom is -0.478 e. The lowest BCUT2D eigenvalue weighted by Gasteiger charge is -1.96. The Hall–Kier alpha value is -1.74. The van der Waals surface area contributed by atoms with Gasteiger partial charge in [-0.2, -0.15) is 0 Å². The smallest absolute Gasteiger partial charge is 0.327 e. The molecule has 1 rings (SSSR count). The Labute approximate surface area is 117 Å². The molecule has 0 saturated carbocycles. The van der Waals surface area contributed by atoms with Crippen LogP contribution in [0.15, 0.2) is 25.3 Å². The zero-order valence-electron chi connectivity index (χ0n) is 11.3. The maximum Gasteiger partial charge on any atom is 0.327 e. The van der Waals surface area contributed by atoms with Gasteiger partial charge in [0.05, 0.1) is 25.9 Å². The van der Waals surface area contributed by atoms with Crippen LogP contribution in [0.4, 0.5) is 0 Å². The van der Waals surface area contributed by atoms with Crippen molar-refractivity contribution >= 4 is 11.9 Å². The largest absolute Gasteiger partial charge is 0.478 e. The van der Waals surface area contributed by atoms with Crippen LogP contribution in [0.5, 0.6) is 0 Å². The van der Waals surface area contributed by atoms with E-state index in [0.717, 1.165) is 18.8 Å². The second kappa shape index (κ2) is 17.3. The van der Waals surface area contributed by atoms with Crippen molar-refractivity contribution in [3.63, 3.8) is 0 Å². The van der Waals surface area contributed by atoms with Crippen LogP contribution in [-0.4, -0.2) is 69.5 Å². The van der Waals surface area contributed by atoms with Gasteiger partial charge in [0.2, 0.25) is 0 Å². The lowest BCUT2D eigenvalue weighted by molar-refractivity contribution is -0.132.